The van der Waals surface area contributed by atoms with Gasteiger partial charge in [-0.05, 0) is 13.0 Å². The first kappa shape index (κ1) is 12.6. The van der Waals surface area contributed by atoms with E-state index >= 15 is 0 Å². The van der Waals surface area contributed by atoms with Gasteiger partial charge >= 0.3 is 0 Å². The molecule has 5 nitrogen and oxygen atoms in total. The van der Waals surface area contributed by atoms with Gasteiger partial charge in [-0.15, -0.1) is 21.5 Å². The van der Waals surface area contributed by atoms with Gasteiger partial charge in [0, 0.05) is 15.9 Å². The number of nitrogens with two attached hydrogens (primary N) is 1. The Morgan fingerprint density at radius 1 is 1.21 bits per heavy atom. The maximum absolute atomic E-state index is 6.03. The van der Waals surface area contributed by atoms with E-state index in [1.165, 1.54) is 16.2 Å². The Morgan fingerprint density at radius 2 is 1.95 bits per heavy atom. The van der Waals surface area contributed by atoms with Gasteiger partial charge in [0.15, 0.2) is 10.8 Å². The largest absolute Gasteiger partial charge is 0.390 e. The molecule has 0 amide bonds. The summed E-state index contributed by atoms with van der Waals surface area (Å²) in [4.78, 5) is 2.00. The highest BCUT2D eigenvalue weighted by atomic mass is 32.1. The lowest BCUT2D eigenvalue weighted by molar-refractivity contribution is 0.528. The smallest absolute Gasteiger partial charge is 0.235 e. The predicted octanol–water partition coefficient (Wildman–Crippen LogP) is 3.10. The lowest BCUT2D eigenvalue weighted by atomic mass is 9.96. The molecule has 0 aliphatic rings. The van der Waals surface area contributed by atoms with Crippen molar-refractivity contribution >= 4 is 32.6 Å². The SMILES string of the molecule is Cc1cc(-c2nn3c(C(C)(C)C)nnc3s2)c(N)s1. The summed E-state index contributed by atoms with van der Waals surface area (Å²) in [6.07, 6.45) is 0. The van der Waals surface area contributed by atoms with Crippen LogP contribution in [0.2, 0.25) is 0 Å². The number of fused-ring (bicyclic) bond motifs is 1. The van der Waals surface area contributed by atoms with Gasteiger partial charge in [-0.3, -0.25) is 0 Å². The van der Waals surface area contributed by atoms with E-state index in [2.05, 4.69) is 42.1 Å². The highest BCUT2D eigenvalue weighted by Gasteiger charge is 2.24. The Bertz CT molecular complexity index is 744. The van der Waals surface area contributed by atoms with Gasteiger partial charge in [-0.1, -0.05) is 32.1 Å². The second-order valence-corrected chi connectivity index (χ2v) is 7.75. The number of rotatable bonds is 1. The van der Waals surface area contributed by atoms with Crippen LogP contribution in [0, 0.1) is 6.92 Å². The summed E-state index contributed by atoms with van der Waals surface area (Å²) in [5.74, 6) is 0.871. The van der Waals surface area contributed by atoms with Crippen LogP contribution < -0.4 is 5.73 Å². The molecule has 0 bridgehead atoms. The number of hydrogen-bond donors (Lipinski definition) is 1. The van der Waals surface area contributed by atoms with Crippen molar-refractivity contribution in [2.45, 2.75) is 33.1 Å². The fraction of sp³-hybridized carbons (Fsp3) is 0.417. The van der Waals surface area contributed by atoms with E-state index in [1.807, 2.05) is 11.4 Å². The average Bonchev–Trinajstić information content (AvgIpc) is 2.88. The van der Waals surface area contributed by atoms with E-state index in [-0.39, 0.29) is 5.41 Å². The van der Waals surface area contributed by atoms with Gasteiger partial charge in [-0.2, -0.15) is 9.61 Å². The van der Waals surface area contributed by atoms with Gasteiger partial charge in [0.2, 0.25) is 4.96 Å². The summed E-state index contributed by atoms with van der Waals surface area (Å²) in [7, 11) is 0. The molecule has 3 heterocycles. The standard InChI is InChI=1S/C12H15N5S2/c1-6-5-7(8(13)18-6)9-16-17-10(12(2,3)4)14-15-11(17)19-9/h5H,13H2,1-4H3. The van der Waals surface area contributed by atoms with Crippen molar-refractivity contribution in [3.63, 3.8) is 0 Å². The zero-order chi connectivity index (χ0) is 13.8. The Hall–Kier alpha value is -1.47. The zero-order valence-electron chi connectivity index (χ0n) is 11.3. The van der Waals surface area contributed by atoms with Crippen molar-refractivity contribution < 1.29 is 0 Å². The molecule has 0 aromatic carbocycles. The van der Waals surface area contributed by atoms with Gasteiger partial charge in [0.1, 0.15) is 0 Å². The molecule has 0 aliphatic heterocycles. The first-order chi connectivity index (χ1) is 8.86. The van der Waals surface area contributed by atoms with Crippen LogP contribution >= 0.6 is 22.7 Å². The molecule has 0 saturated heterocycles. The zero-order valence-corrected chi connectivity index (χ0v) is 12.9. The third-order valence-corrected chi connectivity index (χ3v) is 4.59. The number of anilines is 1. The Kier molecular flexibility index (Phi) is 2.65. The Balaban J connectivity index is 2.18. The highest BCUT2D eigenvalue weighted by molar-refractivity contribution is 7.21. The summed E-state index contributed by atoms with van der Waals surface area (Å²) in [6.45, 7) is 8.36. The number of nitrogens with zero attached hydrogens (tertiary/aromatic N) is 4. The first-order valence-electron chi connectivity index (χ1n) is 5.95. The molecule has 0 spiro atoms. The molecule has 3 aromatic heterocycles. The Morgan fingerprint density at radius 3 is 2.53 bits per heavy atom. The normalized spacial score (nSPS) is 12.4. The van der Waals surface area contributed by atoms with Crippen LogP contribution in [0.15, 0.2) is 6.07 Å². The van der Waals surface area contributed by atoms with Gasteiger partial charge < -0.3 is 5.73 Å². The van der Waals surface area contributed by atoms with Crippen LogP contribution in [-0.4, -0.2) is 19.8 Å². The van der Waals surface area contributed by atoms with Crippen LogP contribution in [0.4, 0.5) is 5.00 Å². The third-order valence-electron chi connectivity index (χ3n) is 2.78. The summed E-state index contributed by atoms with van der Waals surface area (Å²) in [5.41, 5.74) is 6.94. The lowest BCUT2D eigenvalue weighted by Crippen LogP contribution is -2.16. The molecule has 0 saturated carbocycles. The van der Waals surface area contributed by atoms with Crippen molar-refractivity contribution in [1.29, 1.82) is 0 Å². The van der Waals surface area contributed by atoms with Crippen molar-refractivity contribution in [1.82, 2.24) is 19.8 Å². The molecule has 0 unspecified atom stereocenters. The second kappa shape index (κ2) is 4.01. The van der Waals surface area contributed by atoms with E-state index in [0.29, 0.717) is 0 Å². The highest BCUT2D eigenvalue weighted by Crippen LogP contribution is 2.36. The molecular weight excluding hydrogens is 278 g/mol. The van der Waals surface area contributed by atoms with E-state index in [1.54, 1.807) is 11.3 Å². The molecule has 0 atom stereocenters. The van der Waals surface area contributed by atoms with Crippen LogP contribution in [-0.2, 0) is 5.41 Å². The molecular formula is C12H15N5S2. The maximum Gasteiger partial charge on any atom is 0.235 e. The molecule has 3 aromatic rings. The summed E-state index contributed by atoms with van der Waals surface area (Å²) >= 11 is 3.11. The molecule has 0 aliphatic carbocycles. The van der Waals surface area contributed by atoms with Crippen LogP contribution in [0.3, 0.4) is 0 Å². The number of nitrogen functional groups attached to an aromatic ring is 1. The van der Waals surface area contributed by atoms with E-state index < -0.39 is 0 Å². The number of aryl methyl sites for hydroxylation is 1. The van der Waals surface area contributed by atoms with Crippen molar-refractivity contribution in [3.05, 3.63) is 16.8 Å². The maximum atomic E-state index is 6.03. The van der Waals surface area contributed by atoms with Crippen molar-refractivity contribution in [2.24, 2.45) is 0 Å². The number of hydrogen-bond acceptors (Lipinski definition) is 6. The molecule has 100 valence electrons. The quantitative estimate of drug-likeness (QED) is 0.748. The summed E-state index contributed by atoms with van der Waals surface area (Å²) in [6, 6.07) is 2.07. The van der Waals surface area contributed by atoms with Gasteiger partial charge in [-0.25, -0.2) is 0 Å². The monoisotopic (exact) mass is 293 g/mol. The summed E-state index contributed by atoms with van der Waals surface area (Å²) in [5, 5.41) is 14.7. The lowest BCUT2D eigenvalue weighted by Gasteiger charge is -2.13. The minimum Gasteiger partial charge on any atom is -0.390 e. The number of thiophene rings is 1. The minimum absolute atomic E-state index is 0.0825. The fourth-order valence-electron chi connectivity index (χ4n) is 1.89. The van der Waals surface area contributed by atoms with E-state index in [9.17, 15) is 0 Å². The second-order valence-electron chi connectivity index (χ2n) is 5.51. The first-order valence-corrected chi connectivity index (χ1v) is 7.58. The van der Waals surface area contributed by atoms with Crippen molar-refractivity contribution in [2.75, 3.05) is 5.73 Å². The van der Waals surface area contributed by atoms with E-state index in [0.717, 1.165) is 26.4 Å². The van der Waals surface area contributed by atoms with Crippen LogP contribution in [0.5, 0.6) is 0 Å². The fourth-order valence-corrected chi connectivity index (χ4v) is 3.62. The van der Waals surface area contributed by atoms with Gasteiger partial charge in [0.05, 0.1) is 5.00 Å². The van der Waals surface area contributed by atoms with Crippen LogP contribution in [0.25, 0.3) is 15.5 Å². The molecule has 0 fully saturated rings. The minimum atomic E-state index is -0.0825. The average molecular weight is 293 g/mol. The predicted molar refractivity (Wildman–Crippen MR) is 79.8 cm³/mol. The molecule has 3 rings (SSSR count). The summed E-state index contributed by atoms with van der Waals surface area (Å²) < 4.78 is 1.83. The van der Waals surface area contributed by atoms with Gasteiger partial charge in [0.25, 0.3) is 0 Å². The van der Waals surface area contributed by atoms with E-state index in [4.69, 9.17) is 5.73 Å². The molecule has 7 heteroatoms. The van der Waals surface area contributed by atoms with Crippen LogP contribution in [0.1, 0.15) is 31.5 Å². The third kappa shape index (κ3) is 2.02. The Labute approximate surface area is 119 Å². The molecule has 2 N–H and O–H groups in total. The molecule has 19 heavy (non-hydrogen) atoms. The van der Waals surface area contributed by atoms with Crippen molar-refractivity contribution in [3.8, 4) is 10.6 Å². The molecule has 0 radical (unpaired) electrons. The topological polar surface area (TPSA) is 69.1 Å². The number of aromatic nitrogens is 4.